The molecule has 1 amide bonds. The second-order valence-electron chi connectivity index (χ2n) is 3.17. The van der Waals surface area contributed by atoms with Gasteiger partial charge in [-0.05, 0) is 18.6 Å². The van der Waals surface area contributed by atoms with Gasteiger partial charge in [-0.1, -0.05) is 12.1 Å². The van der Waals surface area contributed by atoms with E-state index in [0.29, 0.717) is 5.56 Å². The van der Waals surface area contributed by atoms with Crippen LogP contribution in [0.4, 0.5) is 10.5 Å². The third kappa shape index (κ3) is 3.52. The number of anilines is 1. The minimum absolute atomic E-state index is 0.0265. The smallest absolute Gasteiger partial charge is 0.422 e. The first-order chi connectivity index (χ1) is 7.85. The van der Waals surface area contributed by atoms with Crippen molar-refractivity contribution < 1.29 is 23.1 Å². The molecule has 8 heteroatoms. The van der Waals surface area contributed by atoms with Crippen LogP contribution in [0, 0.1) is 6.92 Å². The van der Waals surface area contributed by atoms with Crippen LogP contribution in [0.25, 0.3) is 0 Å². The van der Waals surface area contributed by atoms with Gasteiger partial charge >= 0.3 is 16.3 Å². The Morgan fingerprint density at radius 2 is 2.06 bits per heavy atom. The number of aromatic hydroxyl groups is 1. The van der Waals surface area contributed by atoms with Crippen molar-refractivity contribution in [3.05, 3.63) is 23.8 Å². The van der Waals surface area contributed by atoms with Crippen LogP contribution in [0.5, 0.6) is 5.75 Å². The predicted octanol–water partition coefficient (Wildman–Crippen LogP) is 0.713. The summed E-state index contributed by atoms with van der Waals surface area (Å²) in [4.78, 5) is 10.8. The zero-order valence-corrected chi connectivity index (χ0v) is 10.0. The van der Waals surface area contributed by atoms with Crippen molar-refractivity contribution >= 4 is 22.0 Å². The lowest BCUT2D eigenvalue weighted by Crippen LogP contribution is -2.35. The summed E-state index contributed by atoms with van der Waals surface area (Å²) in [6, 6.07) is 4.53. The molecule has 0 bridgehead atoms. The minimum Gasteiger partial charge on any atom is -0.505 e. The summed E-state index contributed by atoms with van der Waals surface area (Å²) in [6.45, 7) is 1.61. The highest BCUT2D eigenvalue weighted by Gasteiger charge is 2.16. The van der Waals surface area contributed by atoms with Crippen molar-refractivity contribution in [2.75, 3.05) is 11.8 Å². The average molecular weight is 260 g/mol. The van der Waals surface area contributed by atoms with Crippen molar-refractivity contribution in [1.82, 2.24) is 4.72 Å². The number of para-hydroxylation sites is 1. The van der Waals surface area contributed by atoms with E-state index in [1.165, 1.54) is 6.07 Å². The maximum Gasteiger partial charge on any atom is 0.422 e. The molecule has 1 aromatic rings. The first kappa shape index (κ1) is 13.1. The van der Waals surface area contributed by atoms with Gasteiger partial charge in [0.2, 0.25) is 0 Å². The van der Waals surface area contributed by atoms with E-state index in [1.807, 2.05) is 4.72 Å². The van der Waals surface area contributed by atoms with E-state index < -0.39 is 16.3 Å². The molecule has 94 valence electrons. The lowest BCUT2D eigenvalue weighted by atomic mass is 10.2. The molecule has 0 saturated carbocycles. The monoisotopic (exact) mass is 260 g/mol. The number of benzene rings is 1. The average Bonchev–Trinajstić information content (AvgIpc) is 2.23. The molecule has 0 aliphatic rings. The maximum absolute atomic E-state index is 11.4. The number of nitrogens with one attached hydrogen (secondary N) is 2. The van der Waals surface area contributed by atoms with E-state index in [9.17, 15) is 18.3 Å². The van der Waals surface area contributed by atoms with Crippen LogP contribution >= 0.6 is 0 Å². The fourth-order valence-corrected chi connectivity index (χ4v) is 1.87. The molecule has 1 rings (SSSR count). The molecule has 0 radical (unpaired) electrons. The second kappa shape index (κ2) is 4.91. The summed E-state index contributed by atoms with van der Waals surface area (Å²) in [6.07, 6.45) is -1.12. The topological polar surface area (TPSA) is 105 Å². The molecule has 17 heavy (non-hydrogen) atoms. The van der Waals surface area contributed by atoms with E-state index in [4.69, 9.17) is 0 Å². The van der Waals surface area contributed by atoms with Gasteiger partial charge in [0.1, 0.15) is 5.75 Å². The maximum atomic E-state index is 11.4. The standard InChI is InChI=1S/C9H12N2O5S/c1-6-4-3-5-7(8(6)12)10-17(14,15)11-9(13)16-2/h3-5,10,12H,1-2H3,(H,11,13). The Balaban J connectivity index is 2.91. The van der Waals surface area contributed by atoms with Crippen molar-refractivity contribution in [2.45, 2.75) is 6.92 Å². The summed E-state index contributed by atoms with van der Waals surface area (Å²) >= 11 is 0. The molecular weight excluding hydrogens is 248 g/mol. The molecule has 0 fully saturated rings. The number of carbonyl (C=O) groups is 1. The first-order valence-corrected chi connectivity index (χ1v) is 6.01. The van der Waals surface area contributed by atoms with Gasteiger partial charge in [-0.3, -0.25) is 4.72 Å². The summed E-state index contributed by atoms with van der Waals surface area (Å²) in [5, 5.41) is 9.58. The number of hydrogen-bond donors (Lipinski definition) is 3. The van der Waals surface area contributed by atoms with Gasteiger partial charge in [-0.15, -0.1) is 0 Å². The molecule has 0 aliphatic heterocycles. The molecule has 0 aromatic heterocycles. The van der Waals surface area contributed by atoms with E-state index in [1.54, 1.807) is 23.8 Å². The number of aryl methyl sites for hydroxylation is 1. The molecule has 0 saturated heterocycles. The molecule has 0 unspecified atom stereocenters. The summed E-state index contributed by atoms with van der Waals surface area (Å²) in [7, 11) is -3.08. The van der Waals surface area contributed by atoms with Crippen LogP contribution in [-0.2, 0) is 14.9 Å². The molecular formula is C9H12N2O5S. The highest BCUT2D eigenvalue weighted by atomic mass is 32.2. The predicted molar refractivity (Wildman–Crippen MR) is 60.9 cm³/mol. The van der Waals surface area contributed by atoms with Gasteiger partial charge in [0.25, 0.3) is 0 Å². The van der Waals surface area contributed by atoms with E-state index >= 15 is 0 Å². The molecule has 0 atom stereocenters. The second-order valence-corrected chi connectivity index (χ2v) is 4.59. The molecule has 3 N–H and O–H groups in total. The van der Waals surface area contributed by atoms with Gasteiger partial charge in [0.05, 0.1) is 12.8 Å². The lowest BCUT2D eigenvalue weighted by molar-refractivity contribution is 0.177. The molecule has 1 aromatic carbocycles. The van der Waals surface area contributed by atoms with Crippen molar-refractivity contribution in [2.24, 2.45) is 0 Å². The number of phenolic OH excluding ortho intramolecular Hbond substituents is 1. The number of methoxy groups -OCH3 is 1. The van der Waals surface area contributed by atoms with Crippen molar-refractivity contribution in [1.29, 1.82) is 0 Å². The molecule has 0 aliphatic carbocycles. The third-order valence-corrected chi connectivity index (χ3v) is 2.81. The largest absolute Gasteiger partial charge is 0.505 e. The zero-order valence-electron chi connectivity index (χ0n) is 9.22. The van der Waals surface area contributed by atoms with Crippen molar-refractivity contribution in [3.8, 4) is 5.75 Å². The van der Waals surface area contributed by atoms with Crippen LogP contribution in [-0.4, -0.2) is 26.7 Å². The number of hydrogen-bond acceptors (Lipinski definition) is 5. The number of rotatable bonds is 3. The number of carbonyl (C=O) groups excluding carboxylic acids is 1. The Morgan fingerprint density at radius 3 is 2.65 bits per heavy atom. The lowest BCUT2D eigenvalue weighted by Gasteiger charge is -2.10. The van der Waals surface area contributed by atoms with E-state index in [-0.39, 0.29) is 11.4 Å². The van der Waals surface area contributed by atoms with Gasteiger partial charge in [-0.2, -0.15) is 8.42 Å². The Kier molecular flexibility index (Phi) is 3.79. The number of phenols is 1. The van der Waals surface area contributed by atoms with Gasteiger partial charge in [0.15, 0.2) is 0 Å². The fourth-order valence-electron chi connectivity index (χ4n) is 1.06. The summed E-state index contributed by atoms with van der Waals surface area (Å²) in [5.74, 6) is -0.206. The van der Waals surface area contributed by atoms with Crippen LogP contribution in [0.1, 0.15) is 5.56 Å². The number of amides is 1. The molecule has 0 spiro atoms. The summed E-state index contributed by atoms with van der Waals surface area (Å²) in [5.41, 5.74) is 0.477. The van der Waals surface area contributed by atoms with Crippen molar-refractivity contribution in [3.63, 3.8) is 0 Å². The number of ether oxygens (including phenoxy) is 1. The van der Waals surface area contributed by atoms with Gasteiger partial charge < -0.3 is 9.84 Å². The highest BCUT2D eigenvalue weighted by Crippen LogP contribution is 2.26. The quantitative estimate of drug-likeness (QED) is 0.694. The minimum atomic E-state index is -4.12. The summed E-state index contributed by atoms with van der Waals surface area (Å²) < 4.78 is 30.5. The molecule has 7 nitrogen and oxygen atoms in total. The normalized spacial score (nSPS) is 10.7. The van der Waals surface area contributed by atoms with Crippen LogP contribution in [0.2, 0.25) is 0 Å². The molecule has 0 heterocycles. The van der Waals surface area contributed by atoms with E-state index in [2.05, 4.69) is 4.74 Å². The van der Waals surface area contributed by atoms with E-state index in [0.717, 1.165) is 7.11 Å². The van der Waals surface area contributed by atoms with Gasteiger partial charge in [0, 0.05) is 0 Å². The Labute approximate surface area is 98.6 Å². The Bertz CT molecular complexity index is 526. The van der Waals surface area contributed by atoms with Crippen LogP contribution < -0.4 is 9.44 Å². The first-order valence-electron chi connectivity index (χ1n) is 4.53. The van der Waals surface area contributed by atoms with Gasteiger partial charge in [-0.25, -0.2) is 9.52 Å². The third-order valence-electron chi connectivity index (χ3n) is 1.89. The SMILES string of the molecule is COC(=O)NS(=O)(=O)Nc1cccc(C)c1O. The fraction of sp³-hybridized carbons (Fsp3) is 0.222. The van der Waals surface area contributed by atoms with Crippen LogP contribution in [0.15, 0.2) is 18.2 Å². The Hall–Kier alpha value is -1.96. The van der Waals surface area contributed by atoms with Crippen LogP contribution in [0.3, 0.4) is 0 Å². The zero-order chi connectivity index (χ0) is 13.1. The highest BCUT2D eigenvalue weighted by molar-refractivity contribution is 7.91. The Morgan fingerprint density at radius 1 is 1.41 bits per heavy atom.